The maximum Gasteiger partial charge on any atom is 0.335 e. The first kappa shape index (κ1) is 11.3. The molecule has 5 nitrogen and oxygen atoms in total. The molecule has 1 heterocycles. The third kappa shape index (κ3) is 1.83. The summed E-state index contributed by atoms with van der Waals surface area (Å²) in [7, 11) is 0. The summed E-state index contributed by atoms with van der Waals surface area (Å²) in [6.07, 6.45) is 0. The number of fused-ring (bicyclic) bond motifs is 1. The molecule has 0 aliphatic heterocycles. The highest BCUT2D eigenvalue weighted by molar-refractivity contribution is 5.92. The highest BCUT2D eigenvalue weighted by Crippen LogP contribution is 2.19. The Kier molecular flexibility index (Phi) is 2.49. The SMILES string of the molecule is O=C(O)c1ccc2c(c1)nnn2-c1ccccc1F. The lowest BCUT2D eigenvalue weighted by atomic mass is 10.2. The van der Waals surface area contributed by atoms with E-state index in [9.17, 15) is 9.18 Å². The molecule has 0 radical (unpaired) electrons. The minimum absolute atomic E-state index is 0.119. The molecule has 0 spiro atoms. The number of carboxylic acid groups (broad SMARTS) is 1. The van der Waals surface area contributed by atoms with Gasteiger partial charge >= 0.3 is 5.97 Å². The topological polar surface area (TPSA) is 68.0 Å². The number of carboxylic acids is 1. The van der Waals surface area contributed by atoms with Crippen LogP contribution in [0.25, 0.3) is 16.7 Å². The lowest BCUT2D eigenvalue weighted by molar-refractivity contribution is 0.0697. The van der Waals surface area contributed by atoms with Crippen molar-refractivity contribution < 1.29 is 14.3 Å². The third-order valence-electron chi connectivity index (χ3n) is 2.77. The zero-order valence-corrected chi connectivity index (χ0v) is 9.62. The fourth-order valence-corrected chi connectivity index (χ4v) is 1.86. The Bertz CT molecular complexity index is 782. The smallest absolute Gasteiger partial charge is 0.335 e. The number of aromatic carboxylic acids is 1. The zero-order valence-electron chi connectivity index (χ0n) is 9.62. The molecule has 0 aliphatic carbocycles. The van der Waals surface area contributed by atoms with Crippen LogP contribution in [0.1, 0.15) is 10.4 Å². The average molecular weight is 257 g/mol. The van der Waals surface area contributed by atoms with Crippen LogP contribution in [0.3, 0.4) is 0 Å². The van der Waals surface area contributed by atoms with Crippen LogP contribution in [-0.4, -0.2) is 26.1 Å². The maximum atomic E-state index is 13.7. The van der Waals surface area contributed by atoms with Crippen molar-refractivity contribution in [3.8, 4) is 5.69 Å². The Labute approximate surface area is 106 Å². The third-order valence-corrected chi connectivity index (χ3v) is 2.77. The number of para-hydroxylation sites is 1. The predicted molar refractivity (Wildman–Crippen MR) is 65.8 cm³/mol. The average Bonchev–Trinajstić information content (AvgIpc) is 2.82. The van der Waals surface area contributed by atoms with Crippen LogP contribution in [0, 0.1) is 5.82 Å². The van der Waals surface area contributed by atoms with Crippen LogP contribution in [0.5, 0.6) is 0 Å². The van der Waals surface area contributed by atoms with E-state index in [4.69, 9.17) is 5.11 Å². The highest BCUT2D eigenvalue weighted by atomic mass is 19.1. The zero-order chi connectivity index (χ0) is 13.4. The van der Waals surface area contributed by atoms with Gasteiger partial charge in [-0.3, -0.25) is 0 Å². The Morgan fingerprint density at radius 2 is 2.00 bits per heavy atom. The molecule has 19 heavy (non-hydrogen) atoms. The van der Waals surface area contributed by atoms with Gasteiger partial charge in [0, 0.05) is 0 Å². The summed E-state index contributed by atoms with van der Waals surface area (Å²) < 4.78 is 15.0. The molecule has 0 saturated heterocycles. The van der Waals surface area contributed by atoms with Gasteiger partial charge < -0.3 is 5.11 Å². The second-order valence-electron chi connectivity index (χ2n) is 3.96. The van der Waals surface area contributed by atoms with Crippen LogP contribution in [0.2, 0.25) is 0 Å². The van der Waals surface area contributed by atoms with E-state index >= 15 is 0 Å². The molecule has 0 unspecified atom stereocenters. The van der Waals surface area contributed by atoms with Crippen molar-refractivity contribution in [2.45, 2.75) is 0 Å². The van der Waals surface area contributed by atoms with Gasteiger partial charge in [0.2, 0.25) is 0 Å². The summed E-state index contributed by atoms with van der Waals surface area (Å²) >= 11 is 0. The molecule has 0 aliphatic rings. The van der Waals surface area contributed by atoms with Crippen LogP contribution in [-0.2, 0) is 0 Å². The number of hydrogen-bond acceptors (Lipinski definition) is 3. The number of benzene rings is 2. The predicted octanol–water partition coefficient (Wildman–Crippen LogP) is 2.26. The molecule has 3 rings (SSSR count). The summed E-state index contributed by atoms with van der Waals surface area (Å²) in [5.41, 5.74) is 1.35. The van der Waals surface area contributed by atoms with Gasteiger partial charge in [0.05, 0.1) is 11.1 Å². The van der Waals surface area contributed by atoms with E-state index in [1.807, 2.05) is 0 Å². The molecule has 0 fully saturated rings. The summed E-state index contributed by atoms with van der Waals surface area (Å²) in [4.78, 5) is 10.9. The fraction of sp³-hybridized carbons (Fsp3) is 0. The molecule has 0 atom stereocenters. The summed E-state index contributed by atoms with van der Waals surface area (Å²) in [6.45, 7) is 0. The number of halogens is 1. The number of aromatic nitrogens is 3. The Hall–Kier alpha value is -2.76. The summed E-state index contributed by atoms with van der Waals surface area (Å²) in [6, 6.07) is 10.6. The lowest BCUT2D eigenvalue weighted by Gasteiger charge is -2.03. The van der Waals surface area contributed by atoms with Gasteiger partial charge in [-0.15, -0.1) is 5.10 Å². The van der Waals surface area contributed by atoms with Gasteiger partial charge in [-0.1, -0.05) is 17.3 Å². The van der Waals surface area contributed by atoms with Crippen molar-refractivity contribution in [1.82, 2.24) is 15.0 Å². The quantitative estimate of drug-likeness (QED) is 0.764. The van der Waals surface area contributed by atoms with E-state index in [-0.39, 0.29) is 11.3 Å². The van der Waals surface area contributed by atoms with Crippen molar-refractivity contribution in [3.05, 3.63) is 53.8 Å². The Morgan fingerprint density at radius 3 is 2.74 bits per heavy atom. The number of hydrogen-bond donors (Lipinski definition) is 1. The van der Waals surface area contributed by atoms with Gasteiger partial charge in [-0.2, -0.15) is 0 Å². The minimum Gasteiger partial charge on any atom is -0.478 e. The van der Waals surface area contributed by atoms with E-state index < -0.39 is 11.8 Å². The van der Waals surface area contributed by atoms with Crippen LogP contribution >= 0.6 is 0 Å². The number of rotatable bonds is 2. The molecule has 94 valence electrons. The number of nitrogens with zero attached hydrogens (tertiary/aromatic N) is 3. The largest absolute Gasteiger partial charge is 0.478 e. The minimum atomic E-state index is -1.04. The van der Waals surface area contributed by atoms with Crippen molar-refractivity contribution in [3.63, 3.8) is 0 Å². The fourth-order valence-electron chi connectivity index (χ4n) is 1.86. The first-order valence-corrected chi connectivity index (χ1v) is 5.50. The molecule has 1 N–H and O–H groups in total. The molecule has 2 aromatic carbocycles. The van der Waals surface area contributed by atoms with Crippen molar-refractivity contribution in [2.75, 3.05) is 0 Å². The molecule has 3 aromatic rings. The van der Waals surface area contributed by atoms with Gasteiger partial charge in [-0.25, -0.2) is 13.9 Å². The highest BCUT2D eigenvalue weighted by Gasteiger charge is 2.12. The van der Waals surface area contributed by atoms with Crippen molar-refractivity contribution >= 4 is 17.0 Å². The van der Waals surface area contributed by atoms with E-state index in [1.54, 1.807) is 24.3 Å². The Morgan fingerprint density at radius 1 is 1.21 bits per heavy atom. The van der Waals surface area contributed by atoms with Gasteiger partial charge in [0.15, 0.2) is 0 Å². The lowest BCUT2D eigenvalue weighted by Crippen LogP contribution is -2.00. The normalized spacial score (nSPS) is 10.8. The van der Waals surface area contributed by atoms with Gasteiger partial charge in [0.1, 0.15) is 17.0 Å². The Balaban J connectivity index is 2.22. The molecular formula is C13H8FN3O2. The van der Waals surface area contributed by atoms with Crippen LogP contribution in [0.4, 0.5) is 4.39 Å². The first-order valence-electron chi connectivity index (χ1n) is 5.50. The monoisotopic (exact) mass is 257 g/mol. The van der Waals surface area contributed by atoms with Crippen molar-refractivity contribution in [1.29, 1.82) is 0 Å². The molecular weight excluding hydrogens is 249 g/mol. The van der Waals surface area contributed by atoms with Crippen LogP contribution < -0.4 is 0 Å². The number of carbonyl (C=O) groups is 1. The molecule has 0 bridgehead atoms. The molecule has 0 amide bonds. The van der Waals surface area contributed by atoms with Gasteiger partial charge in [0.25, 0.3) is 0 Å². The van der Waals surface area contributed by atoms with E-state index in [2.05, 4.69) is 10.3 Å². The van der Waals surface area contributed by atoms with Crippen molar-refractivity contribution in [2.24, 2.45) is 0 Å². The van der Waals surface area contributed by atoms with E-state index in [0.717, 1.165) is 0 Å². The standard InChI is InChI=1S/C13H8FN3O2/c14-9-3-1-2-4-11(9)17-12-6-5-8(13(18)19)7-10(12)15-16-17/h1-7H,(H,18,19). The summed E-state index contributed by atoms with van der Waals surface area (Å²) in [5, 5.41) is 16.6. The molecule has 1 aromatic heterocycles. The second-order valence-corrected chi connectivity index (χ2v) is 3.96. The first-order chi connectivity index (χ1) is 9.16. The molecule has 6 heteroatoms. The maximum absolute atomic E-state index is 13.7. The van der Waals surface area contributed by atoms with E-state index in [0.29, 0.717) is 11.0 Å². The summed E-state index contributed by atoms with van der Waals surface area (Å²) in [5.74, 6) is -1.46. The molecule has 0 saturated carbocycles. The van der Waals surface area contributed by atoms with E-state index in [1.165, 1.54) is 22.9 Å². The van der Waals surface area contributed by atoms with Crippen LogP contribution in [0.15, 0.2) is 42.5 Å². The second kappa shape index (κ2) is 4.16. The van der Waals surface area contributed by atoms with Gasteiger partial charge in [-0.05, 0) is 30.3 Å².